The average Bonchev–Trinajstić information content (AvgIpc) is 1.81. The lowest BCUT2D eigenvalue weighted by atomic mass is 9.87. The van der Waals surface area contributed by atoms with Crippen LogP contribution in [0.5, 0.6) is 0 Å². The predicted octanol–water partition coefficient (Wildman–Crippen LogP) is 1.78. The third-order valence-electron chi connectivity index (χ3n) is 1.81. The lowest BCUT2D eigenvalue weighted by Crippen LogP contribution is -2.55. The molecule has 3 heteroatoms. The molecule has 1 aliphatic rings. The molecular formula is C7H13F2N. The number of hydrogen-bond donors (Lipinski definition) is 1. The van der Waals surface area contributed by atoms with Gasteiger partial charge in [0.05, 0.1) is 6.04 Å². The van der Waals surface area contributed by atoms with Crippen LogP contribution in [0.15, 0.2) is 0 Å². The maximum absolute atomic E-state index is 12.5. The van der Waals surface area contributed by atoms with Gasteiger partial charge in [0.2, 0.25) is 0 Å². The van der Waals surface area contributed by atoms with E-state index in [4.69, 9.17) is 0 Å². The van der Waals surface area contributed by atoms with E-state index >= 15 is 0 Å². The van der Waals surface area contributed by atoms with E-state index in [9.17, 15) is 8.78 Å². The van der Waals surface area contributed by atoms with E-state index in [1.54, 1.807) is 0 Å². The van der Waals surface area contributed by atoms with E-state index in [1.807, 2.05) is 13.8 Å². The van der Waals surface area contributed by atoms with Crippen molar-refractivity contribution in [2.75, 3.05) is 0 Å². The maximum Gasteiger partial charge on any atom is 0.263 e. The van der Waals surface area contributed by atoms with Gasteiger partial charge < -0.3 is 5.32 Å². The molecule has 0 aromatic rings. The Balaban J connectivity index is 2.30. The summed E-state index contributed by atoms with van der Waals surface area (Å²) in [5.41, 5.74) is 0. The van der Waals surface area contributed by atoms with Crippen molar-refractivity contribution in [2.45, 2.75) is 44.7 Å². The topological polar surface area (TPSA) is 12.0 Å². The van der Waals surface area contributed by atoms with Crippen molar-refractivity contribution in [2.24, 2.45) is 0 Å². The highest BCUT2D eigenvalue weighted by Crippen LogP contribution is 2.37. The smallest absolute Gasteiger partial charge is 0.263 e. The van der Waals surface area contributed by atoms with Crippen LogP contribution in [0.3, 0.4) is 0 Å². The van der Waals surface area contributed by atoms with Gasteiger partial charge in [-0.25, -0.2) is 8.78 Å². The zero-order valence-electron chi connectivity index (χ0n) is 6.32. The van der Waals surface area contributed by atoms with E-state index < -0.39 is 12.0 Å². The summed E-state index contributed by atoms with van der Waals surface area (Å²) >= 11 is 0. The summed E-state index contributed by atoms with van der Waals surface area (Å²) in [5.74, 6) is -2.44. The Bertz CT molecular complexity index is 123. The Morgan fingerprint density at radius 2 is 2.10 bits per heavy atom. The van der Waals surface area contributed by atoms with Crippen molar-refractivity contribution in [1.29, 1.82) is 0 Å². The van der Waals surface area contributed by atoms with Crippen molar-refractivity contribution in [3.05, 3.63) is 0 Å². The van der Waals surface area contributed by atoms with E-state index in [0.717, 1.165) is 0 Å². The Labute approximate surface area is 59.8 Å². The number of halogens is 2. The molecule has 1 rings (SSSR count). The third kappa shape index (κ3) is 1.45. The SMILES string of the molecule is CC(C)N[C@@H]1CCC1(F)F. The van der Waals surface area contributed by atoms with Crippen molar-refractivity contribution in [3.63, 3.8) is 0 Å². The van der Waals surface area contributed by atoms with Crippen LogP contribution >= 0.6 is 0 Å². The minimum atomic E-state index is -2.44. The first-order valence-corrected chi connectivity index (χ1v) is 3.66. The summed E-state index contributed by atoms with van der Waals surface area (Å²) in [7, 11) is 0. The fraction of sp³-hybridized carbons (Fsp3) is 1.00. The lowest BCUT2D eigenvalue weighted by Gasteiger charge is -2.38. The van der Waals surface area contributed by atoms with Gasteiger partial charge in [-0.15, -0.1) is 0 Å². The van der Waals surface area contributed by atoms with Gasteiger partial charge in [0.15, 0.2) is 0 Å². The Hall–Kier alpha value is -0.180. The highest BCUT2D eigenvalue weighted by atomic mass is 19.3. The largest absolute Gasteiger partial charge is 0.306 e. The number of hydrogen-bond acceptors (Lipinski definition) is 1. The van der Waals surface area contributed by atoms with E-state index in [-0.39, 0.29) is 12.5 Å². The zero-order chi connectivity index (χ0) is 7.78. The number of rotatable bonds is 2. The highest BCUT2D eigenvalue weighted by Gasteiger charge is 2.48. The van der Waals surface area contributed by atoms with Gasteiger partial charge in [-0.1, -0.05) is 13.8 Å². The summed E-state index contributed by atoms with van der Waals surface area (Å²) < 4.78 is 25.0. The van der Waals surface area contributed by atoms with Crippen LogP contribution in [0.25, 0.3) is 0 Å². The molecule has 1 fully saturated rings. The van der Waals surface area contributed by atoms with Gasteiger partial charge in [0, 0.05) is 12.5 Å². The molecule has 1 nitrogen and oxygen atoms in total. The third-order valence-corrected chi connectivity index (χ3v) is 1.81. The van der Waals surface area contributed by atoms with E-state index in [0.29, 0.717) is 6.42 Å². The molecule has 0 amide bonds. The second-order valence-corrected chi connectivity index (χ2v) is 3.17. The molecule has 0 heterocycles. The van der Waals surface area contributed by atoms with Crippen LogP contribution in [0.1, 0.15) is 26.7 Å². The molecule has 1 atom stereocenters. The molecule has 0 aliphatic heterocycles. The second-order valence-electron chi connectivity index (χ2n) is 3.17. The fourth-order valence-electron chi connectivity index (χ4n) is 1.11. The van der Waals surface area contributed by atoms with Crippen LogP contribution in [-0.2, 0) is 0 Å². The van der Waals surface area contributed by atoms with Crippen LogP contribution < -0.4 is 5.32 Å². The van der Waals surface area contributed by atoms with Crippen molar-refractivity contribution in [3.8, 4) is 0 Å². The molecule has 0 saturated heterocycles. The Morgan fingerprint density at radius 1 is 1.50 bits per heavy atom. The molecule has 10 heavy (non-hydrogen) atoms. The fourth-order valence-corrected chi connectivity index (χ4v) is 1.11. The molecule has 1 saturated carbocycles. The highest BCUT2D eigenvalue weighted by molar-refractivity contribution is 4.94. The van der Waals surface area contributed by atoms with Crippen LogP contribution in [-0.4, -0.2) is 18.0 Å². The Kier molecular flexibility index (Phi) is 1.95. The summed E-state index contributed by atoms with van der Waals surface area (Å²) in [4.78, 5) is 0. The second kappa shape index (κ2) is 2.46. The average molecular weight is 149 g/mol. The summed E-state index contributed by atoms with van der Waals surface area (Å²) in [6, 6.07) is -0.399. The summed E-state index contributed by atoms with van der Waals surface area (Å²) in [5, 5.41) is 2.82. The first-order valence-electron chi connectivity index (χ1n) is 3.66. The summed E-state index contributed by atoms with van der Waals surface area (Å²) in [6.45, 7) is 3.77. The normalized spacial score (nSPS) is 30.3. The van der Waals surface area contributed by atoms with Gasteiger partial charge in [0.25, 0.3) is 5.92 Å². The van der Waals surface area contributed by atoms with Crippen LogP contribution in [0, 0.1) is 0 Å². The predicted molar refractivity (Wildman–Crippen MR) is 36.2 cm³/mol. The molecule has 0 aromatic carbocycles. The number of nitrogens with one attached hydrogen (secondary N) is 1. The Morgan fingerprint density at radius 3 is 2.20 bits per heavy atom. The van der Waals surface area contributed by atoms with Gasteiger partial charge in [-0.2, -0.15) is 0 Å². The van der Waals surface area contributed by atoms with Crippen LogP contribution in [0.4, 0.5) is 8.78 Å². The minimum absolute atomic E-state index is 0.0530. The quantitative estimate of drug-likeness (QED) is 0.631. The van der Waals surface area contributed by atoms with Crippen LogP contribution in [0.2, 0.25) is 0 Å². The van der Waals surface area contributed by atoms with E-state index in [2.05, 4.69) is 5.32 Å². The molecule has 0 spiro atoms. The van der Waals surface area contributed by atoms with Gasteiger partial charge in [0.1, 0.15) is 0 Å². The number of alkyl halides is 2. The van der Waals surface area contributed by atoms with Gasteiger partial charge in [-0.05, 0) is 6.42 Å². The maximum atomic E-state index is 12.5. The molecule has 60 valence electrons. The molecule has 0 bridgehead atoms. The standard InChI is InChI=1S/C7H13F2N/c1-5(2)10-6-3-4-7(6,8)9/h5-6,10H,3-4H2,1-2H3/t6-/m1/s1. The molecule has 0 aromatic heterocycles. The molecule has 0 radical (unpaired) electrons. The monoisotopic (exact) mass is 149 g/mol. The van der Waals surface area contributed by atoms with Crippen molar-refractivity contribution >= 4 is 0 Å². The van der Waals surface area contributed by atoms with Crippen molar-refractivity contribution in [1.82, 2.24) is 5.32 Å². The first kappa shape index (κ1) is 7.92. The van der Waals surface area contributed by atoms with Gasteiger partial charge >= 0.3 is 0 Å². The van der Waals surface area contributed by atoms with Crippen molar-refractivity contribution < 1.29 is 8.78 Å². The first-order chi connectivity index (χ1) is 4.52. The summed E-state index contributed by atoms with van der Waals surface area (Å²) in [6.07, 6.45) is 0.669. The minimum Gasteiger partial charge on any atom is -0.306 e. The lowest BCUT2D eigenvalue weighted by molar-refractivity contribution is -0.107. The molecule has 1 aliphatic carbocycles. The molecule has 1 N–H and O–H groups in total. The zero-order valence-corrected chi connectivity index (χ0v) is 6.32. The van der Waals surface area contributed by atoms with E-state index in [1.165, 1.54) is 0 Å². The molecular weight excluding hydrogens is 136 g/mol. The molecule has 0 unspecified atom stereocenters. The van der Waals surface area contributed by atoms with Gasteiger partial charge in [-0.3, -0.25) is 0 Å².